The minimum atomic E-state index is -3.16. The molecule has 0 aromatic heterocycles. The molecule has 0 heterocycles. The highest BCUT2D eigenvalue weighted by molar-refractivity contribution is 5.65. The van der Waals surface area contributed by atoms with Gasteiger partial charge in [0.15, 0.2) is 0 Å². The smallest absolute Gasteiger partial charge is 0.299 e. The highest BCUT2D eigenvalue weighted by atomic mass is 16.6. The van der Waals surface area contributed by atoms with Crippen molar-refractivity contribution in [3.05, 3.63) is 38.4 Å². The van der Waals surface area contributed by atoms with Crippen LogP contribution in [-0.2, 0) is 0 Å². The molecule has 0 bridgehead atoms. The zero-order chi connectivity index (χ0) is 28.9. The molecule has 1 aromatic rings. The third-order valence-corrected chi connectivity index (χ3v) is 5.78. The Morgan fingerprint density at radius 2 is 1.46 bits per heavy atom. The van der Waals surface area contributed by atoms with E-state index in [2.05, 4.69) is 12.2 Å². The number of nitrogens with one attached hydrogen (secondary N) is 1. The van der Waals surface area contributed by atoms with Crippen LogP contribution >= 0.6 is 0 Å². The molecule has 11 heteroatoms. The fourth-order valence-corrected chi connectivity index (χ4v) is 3.66. The average Bonchev–Trinajstić information content (AvgIpc) is 2.87. The Balaban J connectivity index is 2.75. The maximum atomic E-state index is 11.3. The molecule has 0 aliphatic carbocycles. The van der Waals surface area contributed by atoms with Gasteiger partial charge in [0.1, 0.15) is 17.9 Å². The zero-order valence-corrected chi connectivity index (χ0v) is 20.3. The molecule has 0 fully saturated rings. The third-order valence-electron chi connectivity index (χ3n) is 5.78. The number of nitrogens with zero attached hydrogens (tertiary/aromatic N) is 2. The summed E-state index contributed by atoms with van der Waals surface area (Å²) in [7, 11) is 0. The van der Waals surface area contributed by atoms with E-state index in [1.807, 2.05) is 0 Å². The second kappa shape index (κ2) is 17.1. The van der Waals surface area contributed by atoms with E-state index in [1.54, 1.807) is 0 Å². The largest absolute Gasteiger partial charge is 0.394 e. The Hall–Kier alpha value is -2.34. The first-order valence-electron chi connectivity index (χ1n) is 13.7. The number of hydrogen-bond acceptors (Lipinski definition) is 9. The molecule has 0 aliphatic heterocycles. The van der Waals surface area contributed by atoms with Gasteiger partial charge in [0.05, 0.1) is 36.0 Å². The first-order valence-corrected chi connectivity index (χ1v) is 12.2. The lowest BCUT2D eigenvalue weighted by Gasteiger charge is -2.29. The Morgan fingerprint density at radius 3 is 1.94 bits per heavy atom. The van der Waals surface area contributed by atoms with E-state index in [0.29, 0.717) is 18.9 Å². The molecule has 0 amide bonds. The maximum absolute atomic E-state index is 11.3. The number of anilines is 1. The quantitative estimate of drug-likeness (QED) is 0.0998. The van der Waals surface area contributed by atoms with Crippen molar-refractivity contribution >= 4 is 17.1 Å². The van der Waals surface area contributed by atoms with Crippen molar-refractivity contribution in [2.75, 3.05) is 11.9 Å². The summed E-state index contributed by atoms with van der Waals surface area (Å²) in [6.45, 7) is 1.23. The number of hydrogen-bond donors (Lipinski definition) is 5. The number of nitro benzene ring substituents is 2. The molecule has 4 atom stereocenters. The van der Waals surface area contributed by atoms with Gasteiger partial charge in [-0.05, 0) is 12.4 Å². The highest BCUT2D eigenvalue weighted by Gasteiger charge is 2.32. The van der Waals surface area contributed by atoms with Gasteiger partial charge in [-0.1, -0.05) is 77.6 Å². The monoisotopic (exact) mass is 502 g/mol. The van der Waals surface area contributed by atoms with Crippen LogP contribution in [0.1, 0.15) is 88.0 Å². The van der Waals surface area contributed by atoms with E-state index in [-0.39, 0.29) is 12.1 Å². The Bertz CT molecular complexity index is 891. The van der Waals surface area contributed by atoms with E-state index in [4.69, 9.17) is 4.11 Å². The second-order valence-electron chi connectivity index (χ2n) is 8.58. The molecule has 11 nitrogen and oxygen atoms in total. The molecule has 5 N–H and O–H groups in total. The summed E-state index contributed by atoms with van der Waals surface area (Å²) in [6.07, 6.45) is -0.572. The van der Waals surface area contributed by atoms with Gasteiger partial charge in [-0.3, -0.25) is 20.2 Å². The van der Waals surface area contributed by atoms with Crippen LogP contribution in [0.3, 0.4) is 0 Å². The van der Waals surface area contributed by atoms with Gasteiger partial charge in [-0.25, -0.2) is 0 Å². The van der Waals surface area contributed by atoms with Crippen LogP contribution in [0.4, 0.5) is 17.1 Å². The summed E-state index contributed by atoms with van der Waals surface area (Å²) in [5, 5.41) is 66.0. The number of rotatable bonds is 20. The number of aliphatic hydroxyl groups is 4. The first kappa shape index (κ1) is 25.7. The fourth-order valence-electron chi connectivity index (χ4n) is 3.66. The standard InChI is InChI=1S/C24H41N3O8/c1-2-3-4-5-6-7-8-9-10-11-12-13-22(29)24(31)23(30)20(17-28)25-19-15-14-18(26(32)33)16-21(19)27(34)35/h14-16,20,22-25,28-31H,2-13,17H2,1H3/t20-,22?,23-,24?/m0/s1/i13D2,22D. The van der Waals surface area contributed by atoms with Gasteiger partial charge in [0, 0.05) is 8.81 Å². The van der Waals surface area contributed by atoms with Crippen molar-refractivity contribution in [3.63, 3.8) is 0 Å². The predicted octanol–water partition coefficient (Wildman–Crippen LogP) is 4.06. The van der Waals surface area contributed by atoms with Crippen LogP contribution in [0.5, 0.6) is 0 Å². The summed E-state index contributed by atoms with van der Waals surface area (Å²) >= 11 is 0. The summed E-state index contributed by atoms with van der Waals surface area (Å²) < 4.78 is 24.4. The lowest BCUT2D eigenvalue weighted by molar-refractivity contribution is -0.393. The number of nitro groups is 2. The van der Waals surface area contributed by atoms with E-state index in [0.717, 1.165) is 37.8 Å². The van der Waals surface area contributed by atoms with E-state index in [9.17, 15) is 40.7 Å². The molecule has 0 saturated heterocycles. The molecule has 2 unspecified atom stereocenters. The SMILES string of the molecule is [2H]C([2H])(CCCCCCCCCCCC)C([2H])(O)C(O)[C@@H](O)[C@H](CO)Nc1ccc([N+](=O)[O-])cc1[N+](=O)[O-]. The van der Waals surface area contributed by atoms with E-state index < -0.39 is 58.5 Å². The summed E-state index contributed by atoms with van der Waals surface area (Å²) in [6, 6.07) is 1.04. The number of unbranched alkanes of at least 4 members (excludes halogenated alkanes) is 9. The number of benzene rings is 1. The lowest BCUT2D eigenvalue weighted by atomic mass is 9.96. The van der Waals surface area contributed by atoms with Gasteiger partial charge in [0.25, 0.3) is 11.4 Å². The van der Waals surface area contributed by atoms with Crippen LogP contribution in [-0.4, -0.2) is 61.2 Å². The van der Waals surface area contributed by atoms with Crippen molar-refractivity contribution in [2.45, 2.75) is 108 Å². The van der Waals surface area contributed by atoms with Gasteiger partial charge in [-0.15, -0.1) is 0 Å². The molecular formula is C24H41N3O8. The van der Waals surface area contributed by atoms with Crippen molar-refractivity contribution < 1.29 is 34.4 Å². The third kappa shape index (κ3) is 11.3. The minimum Gasteiger partial charge on any atom is -0.394 e. The molecule has 0 aliphatic rings. The Kier molecular flexibility index (Phi) is 12.6. The fraction of sp³-hybridized carbons (Fsp3) is 0.750. The Labute approximate surface area is 210 Å². The summed E-state index contributed by atoms with van der Waals surface area (Å²) in [4.78, 5) is 20.5. The Morgan fingerprint density at radius 1 is 0.914 bits per heavy atom. The molecule has 0 radical (unpaired) electrons. The first-order chi connectivity index (χ1) is 17.8. The van der Waals surface area contributed by atoms with Gasteiger partial charge >= 0.3 is 0 Å². The van der Waals surface area contributed by atoms with E-state index >= 15 is 0 Å². The van der Waals surface area contributed by atoms with Gasteiger partial charge < -0.3 is 25.7 Å². The van der Waals surface area contributed by atoms with Crippen LogP contribution in [0.15, 0.2) is 18.2 Å². The van der Waals surface area contributed by atoms with E-state index in [1.165, 1.54) is 25.7 Å². The van der Waals surface area contributed by atoms with Crippen LogP contribution in [0, 0.1) is 20.2 Å². The van der Waals surface area contributed by atoms with Crippen molar-refractivity contribution in [1.82, 2.24) is 0 Å². The summed E-state index contributed by atoms with van der Waals surface area (Å²) in [5.74, 6) is 0. The predicted molar refractivity (Wildman–Crippen MR) is 133 cm³/mol. The van der Waals surface area contributed by atoms with Crippen molar-refractivity contribution in [1.29, 1.82) is 0 Å². The minimum absolute atomic E-state index is 0.252. The maximum Gasteiger partial charge on any atom is 0.299 e. The molecule has 35 heavy (non-hydrogen) atoms. The molecular weight excluding hydrogens is 458 g/mol. The normalized spacial score (nSPS) is 17.3. The second-order valence-corrected chi connectivity index (χ2v) is 8.58. The topological polar surface area (TPSA) is 179 Å². The van der Waals surface area contributed by atoms with Crippen molar-refractivity contribution in [3.8, 4) is 0 Å². The average molecular weight is 503 g/mol. The van der Waals surface area contributed by atoms with Crippen LogP contribution in [0.25, 0.3) is 0 Å². The molecule has 200 valence electrons. The highest BCUT2D eigenvalue weighted by Crippen LogP contribution is 2.30. The molecule has 1 rings (SSSR count). The van der Waals surface area contributed by atoms with Crippen molar-refractivity contribution in [2.24, 2.45) is 0 Å². The molecule has 1 aromatic carbocycles. The van der Waals surface area contributed by atoms with Crippen LogP contribution in [0.2, 0.25) is 0 Å². The van der Waals surface area contributed by atoms with Gasteiger partial charge in [-0.2, -0.15) is 0 Å². The lowest BCUT2D eigenvalue weighted by Crippen LogP contribution is -2.49. The number of aliphatic hydroxyl groups excluding tert-OH is 3. The number of non-ortho nitro benzene ring substituents is 1. The molecule has 0 spiro atoms. The zero-order valence-electron chi connectivity index (χ0n) is 23.3. The van der Waals surface area contributed by atoms with Crippen LogP contribution < -0.4 is 5.32 Å². The molecule has 0 saturated carbocycles. The van der Waals surface area contributed by atoms with Gasteiger partial charge in [0.2, 0.25) is 0 Å². The summed E-state index contributed by atoms with van der Waals surface area (Å²) in [5.41, 5.74) is -1.63.